The zero-order valence-corrected chi connectivity index (χ0v) is 10.5. The molecular formula is C14H17N3O. The van der Waals surface area contributed by atoms with Gasteiger partial charge in [0.15, 0.2) is 0 Å². The van der Waals surface area contributed by atoms with Crippen LogP contribution < -0.4 is 5.32 Å². The fraction of sp³-hybridized carbons (Fsp3) is 0.429. The van der Waals surface area contributed by atoms with Gasteiger partial charge in [-0.1, -0.05) is 29.4 Å². The fourth-order valence-corrected chi connectivity index (χ4v) is 2.40. The third kappa shape index (κ3) is 2.16. The average Bonchev–Trinajstić information content (AvgIpc) is 2.90. The van der Waals surface area contributed by atoms with Gasteiger partial charge in [-0.3, -0.25) is 0 Å². The van der Waals surface area contributed by atoms with E-state index in [0.29, 0.717) is 11.7 Å². The minimum atomic E-state index is 0.365. The summed E-state index contributed by atoms with van der Waals surface area (Å²) in [6.07, 6.45) is 2.30. The molecule has 4 nitrogen and oxygen atoms in total. The molecule has 0 bridgehead atoms. The molecule has 4 heteroatoms. The maximum atomic E-state index is 5.41. The van der Waals surface area contributed by atoms with Crippen LogP contribution in [0.15, 0.2) is 28.8 Å². The predicted octanol–water partition coefficient (Wildman–Crippen LogP) is 2.51. The third-order valence-corrected chi connectivity index (χ3v) is 3.47. The van der Waals surface area contributed by atoms with Crippen molar-refractivity contribution in [3.8, 4) is 11.4 Å². The molecule has 0 amide bonds. The normalized spacial score (nSPS) is 19.9. The van der Waals surface area contributed by atoms with Crippen molar-refractivity contribution in [2.24, 2.45) is 0 Å². The Balaban J connectivity index is 1.87. The van der Waals surface area contributed by atoms with Crippen molar-refractivity contribution in [1.29, 1.82) is 0 Å². The third-order valence-electron chi connectivity index (χ3n) is 3.47. The van der Waals surface area contributed by atoms with E-state index in [9.17, 15) is 0 Å². The quantitative estimate of drug-likeness (QED) is 0.880. The van der Waals surface area contributed by atoms with Gasteiger partial charge >= 0.3 is 0 Å². The highest BCUT2D eigenvalue weighted by Crippen LogP contribution is 2.25. The fourth-order valence-electron chi connectivity index (χ4n) is 2.40. The van der Waals surface area contributed by atoms with Crippen LogP contribution in [0.25, 0.3) is 11.4 Å². The van der Waals surface area contributed by atoms with Gasteiger partial charge < -0.3 is 9.84 Å². The number of rotatable bonds is 2. The monoisotopic (exact) mass is 243 g/mol. The van der Waals surface area contributed by atoms with Gasteiger partial charge in [-0.15, -0.1) is 0 Å². The summed E-state index contributed by atoms with van der Waals surface area (Å²) in [7, 11) is 0. The minimum absolute atomic E-state index is 0.365. The largest absolute Gasteiger partial charge is 0.339 e. The van der Waals surface area contributed by atoms with Crippen LogP contribution in [0.3, 0.4) is 0 Å². The Morgan fingerprint density at radius 2 is 2.22 bits per heavy atom. The maximum absolute atomic E-state index is 5.41. The number of hydrogen-bond acceptors (Lipinski definition) is 4. The highest BCUT2D eigenvalue weighted by atomic mass is 16.5. The molecule has 1 aliphatic heterocycles. The minimum Gasteiger partial charge on any atom is -0.339 e. The summed E-state index contributed by atoms with van der Waals surface area (Å²) in [4.78, 5) is 4.55. The topological polar surface area (TPSA) is 51.0 Å². The van der Waals surface area contributed by atoms with Crippen LogP contribution in [-0.2, 0) is 0 Å². The van der Waals surface area contributed by atoms with Crippen LogP contribution in [-0.4, -0.2) is 23.2 Å². The second-order valence-corrected chi connectivity index (χ2v) is 4.81. The van der Waals surface area contributed by atoms with Gasteiger partial charge in [0, 0.05) is 12.1 Å². The molecule has 3 rings (SSSR count). The first-order valence-corrected chi connectivity index (χ1v) is 6.45. The number of nitrogens with one attached hydrogen (secondary N) is 1. The first kappa shape index (κ1) is 11.4. The van der Waals surface area contributed by atoms with Crippen LogP contribution in [0.2, 0.25) is 0 Å². The van der Waals surface area contributed by atoms with E-state index in [-0.39, 0.29) is 0 Å². The van der Waals surface area contributed by atoms with Crippen LogP contribution >= 0.6 is 0 Å². The second-order valence-electron chi connectivity index (χ2n) is 4.81. The van der Waals surface area contributed by atoms with E-state index in [2.05, 4.69) is 28.4 Å². The molecule has 1 atom stereocenters. The number of piperidine rings is 1. The lowest BCUT2D eigenvalue weighted by Crippen LogP contribution is -2.28. The first-order chi connectivity index (χ1) is 8.84. The Bertz CT molecular complexity index is 529. The molecular weight excluding hydrogens is 226 g/mol. The van der Waals surface area contributed by atoms with E-state index in [0.717, 1.165) is 31.0 Å². The van der Waals surface area contributed by atoms with E-state index < -0.39 is 0 Å². The lowest BCUT2D eigenvalue weighted by molar-refractivity contribution is 0.322. The maximum Gasteiger partial charge on any atom is 0.231 e. The molecule has 0 aliphatic carbocycles. The lowest BCUT2D eigenvalue weighted by Gasteiger charge is -2.18. The van der Waals surface area contributed by atoms with Crippen molar-refractivity contribution < 1.29 is 4.52 Å². The summed E-state index contributed by atoms with van der Waals surface area (Å²) < 4.78 is 5.41. The summed E-state index contributed by atoms with van der Waals surface area (Å²) in [5.41, 5.74) is 2.22. The van der Waals surface area contributed by atoms with Crippen LogP contribution in [0, 0.1) is 6.92 Å². The zero-order chi connectivity index (χ0) is 12.4. The summed E-state index contributed by atoms with van der Waals surface area (Å²) in [6, 6.07) is 8.11. The first-order valence-electron chi connectivity index (χ1n) is 6.45. The average molecular weight is 243 g/mol. The molecule has 18 heavy (non-hydrogen) atoms. The van der Waals surface area contributed by atoms with Crippen LogP contribution in [0.5, 0.6) is 0 Å². The molecule has 0 radical (unpaired) electrons. The summed E-state index contributed by atoms with van der Waals surface area (Å²) in [5, 5.41) is 7.47. The van der Waals surface area contributed by atoms with E-state index in [4.69, 9.17) is 4.52 Å². The Labute approximate surface area is 106 Å². The van der Waals surface area contributed by atoms with Crippen molar-refractivity contribution in [2.45, 2.75) is 25.7 Å². The molecule has 0 spiro atoms. The molecule has 1 aromatic heterocycles. The lowest BCUT2D eigenvalue weighted by atomic mass is 10.00. The Morgan fingerprint density at radius 3 is 3.00 bits per heavy atom. The molecule has 2 aromatic rings. The van der Waals surface area contributed by atoms with E-state index in [1.54, 1.807) is 0 Å². The van der Waals surface area contributed by atoms with Gasteiger partial charge in [-0.25, -0.2) is 0 Å². The molecule has 1 aromatic carbocycles. The number of aryl methyl sites for hydroxylation is 1. The molecule has 94 valence electrons. The summed E-state index contributed by atoms with van der Waals surface area (Å²) in [6.45, 7) is 4.10. The standard InChI is InChI=1S/C14H17N3O/c1-10-5-2-3-7-12(10)13-16-14(18-17-13)11-6-4-8-15-9-11/h2-3,5,7,11,15H,4,6,8-9H2,1H3. The molecule has 1 N–H and O–H groups in total. The highest BCUT2D eigenvalue weighted by Gasteiger charge is 2.21. The van der Waals surface area contributed by atoms with Gasteiger partial charge in [-0.05, 0) is 31.9 Å². The molecule has 1 saturated heterocycles. The van der Waals surface area contributed by atoms with Crippen molar-refractivity contribution >= 4 is 0 Å². The number of aromatic nitrogens is 2. The summed E-state index contributed by atoms with van der Waals surface area (Å²) in [5.74, 6) is 1.83. The SMILES string of the molecule is Cc1ccccc1-c1noc(C2CCCNC2)n1. The number of hydrogen-bond donors (Lipinski definition) is 1. The van der Waals surface area contributed by atoms with Gasteiger partial charge in [0.1, 0.15) is 0 Å². The van der Waals surface area contributed by atoms with Crippen molar-refractivity contribution in [1.82, 2.24) is 15.5 Å². The summed E-state index contributed by atoms with van der Waals surface area (Å²) >= 11 is 0. The Hall–Kier alpha value is -1.68. The predicted molar refractivity (Wildman–Crippen MR) is 69.3 cm³/mol. The Morgan fingerprint density at radius 1 is 1.33 bits per heavy atom. The Kier molecular flexibility index (Phi) is 3.11. The van der Waals surface area contributed by atoms with Crippen molar-refractivity contribution in [3.05, 3.63) is 35.7 Å². The van der Waals surface area contributed by atoms with E-state index >= 15 is 0 Å². The molecule has 2 heterocycles. The van der Waals surface area contributed by atoms with Gasteiger partial charge in [0.05, 0.1) is 5.92 Å². The zero-order valence-electron chi connectivity index (χ0n) is 10.5. The number of nitrogens with zero attached hydrogens (tertiary/aromatic N) is 2. The van der Waals surface area contributed by atoms with Crippen LogP contribution in [0.4, 0.5) is 0 Å². The van der Waals surface area contributed by atoms with Gasteiger partial charge in [-0.2, -0.15) is 4.98 Å². The van der Waals surface area contributed by atoms with Gasteiger partial charge in [0.2, 0.25) is 11.7 Å². The smallest absolute Gasteiger partial charge is 0.231 e. The number of benzene rings is 1. The molecule has 1 unspecified atom stereocenters. The molecule has 1 aliphatic rings. The van der Waals surface area contributed by atoms with Crippen LogP contribution in [0.1, 0.15) is 30.2 Å². The van der Waals surface area contributed by atoms with Crippen molar-refractivity contribution in [3.63, 3.8) is 0 Å². The van der Waals surface area contributed by atoms with Gasteiger partial charge in [0.25, 0.3) is 0 Å². The van der Waals surface area contributed by atoms with Crippen molar-refractivity contribution in [2.75, 3.05) is 13.1 Å². The van der Waals surface area contributed by atoms with E-state index in [1.165, 1.54) is 12.0 Å². The molecule has 0 saturated carbocycles. The van der Waals surface area contributed by atoms with E-state index in [1.807, 2.05) is 18.2 Å². The second kappa shape index (κ2) is 4.90. The highest BCUT2D eigenvalue weighted by molar-refractivity contribution is 5.58. The molecule has 1 fully saturated rings.